The highest BCUT2D eigenvalue weighted by atomic mass is 16.5. The number of amides is 1. The molecule has 0 radical (unpaired) electrons. The van der Waals surface area contributed by atoms with E-state index in [-0.39, 0.29) is 17.7 Å². The topological polar surface area (TPSA) is 98.3 Å². The highest BCUT2D eigenvalue weighted by Gasteiger charge is 2.72. The largest absolute Gasteiger partial charge is 0.504 e. The quantitative estimate of drug-likeness (QED) is 0.607. The highest BCUT2D eigenvalue weighted by molar-refractivity contribution is 5.95. The van der Waals surface area contributed by atoms with Gasteiger partial charge in [0.1, 0.15) is 5.69 Å². The zero-order chi connectivity index (χ0) is 22.7. The smallest absolute Gasteiger partial charge is 0.270 e. The number of nitrogens with zero attached hydrogens (tertiary/aromatic N) is 2. The molecule has 0 saturated carbocycles. The Bertz CT molecular complexity index is 1200. The van der Waals surface area contributed by atoms with Crippen molar-refractivity contribution in [2.24, 2.45) is 0 Å². The van der Waals surface area contributed by atoms with Gasteiger partial charge in [-0.25, -0.2) is 0 Å². The van der Waals surface area contributed by atoms with Gasteiger partial charge in [0, 0.05) is 31.1 Å². The summed E-state index contributed by atoms with van der Waals surface area (Å²) >= 11 is 0. The van der Waals surface area contributed by atoms with E-state index in [1.165, 1.54) is 0 Å². The molecule has 0 unspecified atom stereocenters. The Labute approximate surface area is 192 Å². The van der Waals surface area contributed by atoms with Crippen LogP contribution in [0.15, 0.2) is 12.1 Å². The van der Waals surface area contributed by atoms with Crippen molar-refractivity contribution >= 4 is 5.91 Å². The SMILES string of the molecule is Cc1c(C(=O)N2CCOCC2)[nH]c2c1C[C@@]1(O)[C@@H]3Cc4ccc(O)c5c4[C@@]1(CCN3C)[C@H]2O5. The predicted octanol–water partition coefficient (Wildman–Crippen LogP) is 1.42. The number of piperidine rings is 1. The Morgan fingerprint density at radius 1 is 1.24 bits per heavy atom. The summed E-state index contributed by atoms with van der Waals surface area (Å²) in [6.07, 6.45) is 1.44. The van der Waals surface area contributed by atoms with Gasteiger partial charge < -0.3 is 34.5 Å². The molecule has 8 nitrogen and oxygen atoms in total. The third-order valence-electron chi connectivity index (χ3n) is 9.11. The van der Waals surface area contributed by atoms with E-state index in [1.54, 1.807) is 6.07 Å². The number of nitrogens with one attached hydrogen (secondary N) is 1. The number of rotatable bonds is 1. The highest BCUT2D eigenvalue weighted by Crippen LogP contribution is 2.68. The van der Waals surface area contributed by atoms with Crippen molar-refractivity contribution in [2.45, 2.75) is 49.3 Å². The van der Waals surface area contributed by atoms with Crippen molar-refractivity contribution in [2.75, 3.05) is 39.9 Å². The Morgan fingerprint density at radius 2 is 2.03 bits per heavy atom. The van der Waals surface area contributed by atoms with Crippen LogP contribution < -0.4 is 4.74 Å². The lowest BCUT2D eigenvalue weighted by atomic mass is 9.49. The molecule has 1 aromatic heterocycles. The molecule has 3 aliphatic heterocycles. The molecular weight excluding hydrogens is 422 g/mol. The van der Waals surface area contributed by atoms with Crippen LogP contribution in [0.5, 0.6) is 11.5 Å². The molecule has 3 N–H and O–H groups in total. The fraction of sp³-hybridized carbons (Fsp3) is 0.560. The number of morpholine rings is 1. The minimum Gasteiger partial charge on any atom is -0.504 e. The molecule has 1 spiro atoms. The van der Waals surface area contributed by atoms with E-state index in [0.717, 1.165) is 40.9 Å². The first-order valence-electron chi connectivity index (χ1n) is 11.9. The number of aromatic hydroxyl groups is 1. The average molecular weight is 452 g/mol. The van der Waals surface area contributed by atoms with Crippen LogP contribution in [0.1, 0.15) is 51.0 Å². The molecule has 5 aliphatic rings. The summed E-state index contributed by atoms with van der Waals surface area (Å²) in [4.78, 5) is 21.0. The third-order valence-corrected chi connectivity index (χ3v) is 9.11. The van der Waals surface area contributed by atoms with Gasteiger partial charge in [-0.2, -0.15) is 0 Å². The molecule has 4 heterocycles. The number of fused-ring (bicyclic) bond motifs is 2. The summed E-state index contributed by atoms with van der Waals surface area (Å²) in [6, 6.07) is 3.63. The summed E-state index contributed by atoms with van der Waals surface area (Å²) in [5, 5.41) is 23.2. The first-order valence-corrected chi connectivity index (χ1v) is 11.9. The van der Waals surface area contributed by atoms with E-state index in [1.807, 2.05) is 17.9 Å². The van der Waals surface area contributed by atoms with E-state index in [2.05, 4.69) is 16.9 Å². The lowest BCUT2D eigenvalue weighted by Crippen LogP contribution is -2.73. The number of phenols is 1. The summed E-state index contributed by atoms with van der Waals surface area (Å²) in [7, 11) is 2.08. The number of carbonyl (C=O) groups is 1. The Hall–Kier alpha value is -2.55. The van der Waals surface area contributed by atoms with Crippen LogP contribution in [0.4, 0.5) is 0 Å². The van der Waals surface area contributed by atoms with Gasteiger partial charge in [0.05, 0.1) is 29.9 Å². The van der Waals surface area contributed by atoms with E-state index in [4.69, 9.17) is 9.47 Å². The Balaban J connectivity index is 1.43. The molecule has 2 fully saturated rings. The van der Waals surface area contributed by atoms with Crippen LogP contribution in [-0.4, -0.2) is 82.4 Å². The fourth-order valence-corrected chi connectivity index (χ4v) is 7.46. The van der Waals surface area contributed by atoms with Crippen LogP contribution in [0.2, 0.25) is 0 Å². The van der Waals surface area contributed by atoms with E-state index >= 15 is 0 Å². The number of aliphatic hydroxyl groups is 1. The number of aromatic nitrogens is 1. The molecule has 2 bridgehead atoms. The molecule has 2 aromatic rings. The van der Waals surface area contributed by atoms with Gasteiger partial charge >= 0.3 is 0 Å². The van der Waals surface area contributed by atoms with Crippen molar-refractivity contribution in [3.8, 4) is 11.5 Å². The summed E-state index contributed by atoms with van der Waals surface area (Å²) in [5.41, 5.74) is 3.74. The van der Waals surface area contributed by atoms with Crippen LogP contribution >= 0.6 is 0 Å². The van der Waals surface area contributed by atoms with Gasteiger partial charge in [-0.05, 0) is 56.1 Å². The molecule has 4 atom stereocenters. The summed E-state index contributed by atoms with van der Waals surface area (Å²) in [5.74, 6) is 0.587. The molecule has 7 rings (SSSR count). The first kappa shape index (κ1) is 19.9. The van der Waals surface area contributed by atoms with Crippen molar-refractivity contribution in [1.82, 2.24) is 14.8 Å². The second-order valence-corrected chi connectivity index (χ2v) is 10.4. The summed E-state index contributed by atoms with van der Waals surface area (Å²) < 4.78 is 11.9. The zero-order valence-corrected chi connectivity index (χ0v) is 19.0. The van der Waals surface area contributed by atoms with Crippen LogP contribution in [0, 0.1) is 6.92 Å². The molecule has 8 heteroatoms. The minimum absolute atomic E-state index is 0.0307. The van der Waals surface area contributed by atoms with Gasteiger partial charge in [-0.1, -0.05) is 6.07 Å². The number of likely N-dealkylation sites (N-methyl/N-ethyl adjacent to an activating group) is 1. The predicted molar refractivity (Wildman–Crippen MR) is 119 cm³/mol. The van der Waals surface area contributed by atoms with Gasteiger partial charge in [0.25, 0.3) is 5.91 Å². The van der Waals surface area contributed by atoms with Crippen molar-refractivity contribution in [1.29, 1.82) is 0 Å². The number of phenolic OH excluding ortho intramolecular Hbond substituents is 1. The maximum atomic E-state index is 13.4. The molecule has 1 aromatic carbocycles. The number of carbonyl (C=O) groups excluding carboxylic acids is 1. The lowest BCUT2D eigenvalue weighted by Gasteiger charge is -2.62. The number of ether oxygens (including phenoxy) is 2. The molecule has 1 amide bonds. The van der Waals surface area contributed by atoms with Crippen molar-refractivity contribution < 1.29 is 24.5 Å². The van der Waals surface area contributed by atoms with E-state index < -0.39 is 17.1 Å². The molecule has 2 aliphatic carbocycles. The molecule has 2 saturated heterocycles. The van der Waals surface area contributed by atoms with Crippen molar-refractivity contribution in [3.63, 3.8) is 0 Å². The Morgan fingerprint density at radius 3 is 2.82 bits per heavy atom. The van der Waals surface area contributed by atoms with Crippen LogP contribution in [0.3, 0.4) is 0 Å². The molecule has 174 valence electrons. The summed E-state index contributed by atoms with van der Waals surface area (Å²) in [6.45, 7) is 5.06. The minimum atomic E-state index is -1.05. The standard InChI is InChI=1S/C25H29N3O5/c1-13-15-12-25(31)17-11-14-3-4-16(29)21-18(14)24(25,5-6-27(17)2)22(33-21)20(15)26-19(13)23(30)28-7-9-32-10-8-28/h3-4,17,22,26,29,31H,5-12H2,1-2H3/t17-,22-,24-,25+/m0/s1. The maximum Gasteiger partial charge on any atom is 0.270 e. The second-order valence-electron chi connectivity index (χ2n) is 10.4. The first-order chi connectivity index (χ1) is 15.9. The van der Waals surface area contributed by atoms with E-state index in [0.29, 0.717) is 50.6 Å². The van der Waals surface area contributed by atoms with Gasteiger partial charge in [0.15, 0.2) is 17.6 Å². The van der Waals surface area contributed by atoms with E-state index in [9.17, 15) is 15.0 Å². The number of hydrogen-bond donors (Lipinski definition) is 3. The maximum absolute atomic E-state index is 13.4. The molecular formula is C25H29N3O5. The monoisotopic (exact) mass is 451 g/mol. The van der Waals surface area contributed by atoms with Crippen molar-refractivity contribution in [3.05, 3.63) is 45.8 Å². The zero-order valence-electron chi connectivity index (χ0n) is 19.0. The number of benzene rings is 1. The molecule has 33 heavy (non-hydrogen) atoms. The van der Waals surface area contributed by atoms with Gasteiger partial charge in [-0.15, -0.1) is 0 Å². The van der Waals surface area contributed by atoms with Gasteiger partial charge in [0.2, 0.25) is 0 Å². The lowest BCUT2D eigenvalue weighted by molar-refractivity contribution is -0.167. The number of aromatic amines is 1. The van der Waals surface area contributed by atoms with Gasteiger partial charge in [-0.3, -0.25) is 4.79 Å². The fourth-order valence-electron chi connectivity index (χ4n) is 7.46. The number of likely N-dealkylation sites (tertiary alicyclic amines) is 1. The average Bonchev–Trinajstić information content (AvgIpc) is 3.33. The normalized spacial score (nSPS) is 34.0. The number of H-pyrrole nitrogens is 1. The third kappa shape index (κ3) is 2.20. The van der Waals surface area contributed by atoms with Crippen LogP contribution in [0.25, 0.3) is 0 Å². The second kappa shape index (κ2) is 6.31. The van der Waals surface area contributed by atoms with Crippen LogP contribution in [-0.2, 0) is 23.0 Å². The number of hydrogen-bond acceptors (Lipinski definition) is 6. The Kier molecular flexibility index (Phi) is 3.80.